The molecule has 0 atom stereocenters. The van der Waals surface area contributed by atoms with Crippen molar-refractivity contribution >= 4 is 24.0 Å². The summed E-state index contributed by atoms with van der Waals surface area (Å²) >= 11 is 0. The van der Waals surface area contributed by atoms with Gasteiger partial charge >= 0.3 is 0 Å². The number of hydrogen-bond donors (Lipinski definition) is 3. The summed E-state index contributed by atoms with van der Waals surface area (Å²) in [6.45, 7) is 0. The molecule has 2 amide bonds. The van der Waals surface area contributed by atoms with Gasteiger partial charge in [-0.05, 0) is 47.5 Å². The first-order valence-electron chi connectivity index (χ1n) is 8.06. The van der Waals surface area contributed by atoms with Crippen molar-refractivity contribution in [3.05, 3.63) is 59.4 Å². The van der Waals surface area contributed by atoms with E-state index >= 15 is 0 Å². The van der Waals surface area contributed by atoms with Crippen molar-refractivity contribution < 1.29 is 28.9 Å². The van der Waals surface area contributed by atoms with Crippen molar-refractivity contribution in [2.45, 2.75) is 0 Å². The van der Waals surface area contributed by atoms with Gasteiger partial charge in [0.2, 0.25) is 5.91 Å². The third-order valence-corrected chi connectivity index (χ3v) is 3.59. The van der Waals surface area contributed by atoms with Gasteiger partial charge in [-0.1, -0.05) is 12.1 Å². The van der Waals surface area contributed by atoms with E-state index < -0.39 is 11.8 Å². The molecule has 0 fully saturated rings. The number of carbonyl (C=O) groups excluding carboxylic acids is 2. The van der Waals surface area contributed by atoms with Crippen LogP contribution in [-0.4, -0.2) is 31.1 Å². The van der Waals surface area contributed by atoms with E-state index in [0.29, 0.717) is 16.9 Å². The van der Waals surface area contributed by atoms with Crippen LogP contribution in [0.1, 0.15) is 11.1 Å². The lowest BCUT2D eigenvalue weighted by atomic mass is 10.1. The van der Waals surface area contributed by atoms with Crippen molar-refractivity contribution in [1.29, 1.82) is 0 Å². The van der Waals surface area contributed by atoms with Crippen LogP contribution in [0, 0.1) is 0 Å². The maximum atomic E-state index is 11.8. The Morgan fingerprint density at radius 3 is 2.18 bits per heavy atom. The largest absolute Gasteiger partial charge is 0.504 e. The van der Waals surface area contributed by atoms with E-state index in [9.17, 15) is 14.7 Å². The van der Waals surface area contributed by atoms with Crippen LogP contribution in [0.3, 0.4) is 0 Å². The lowest BCUT2D eigenvalue weighted by molar-refractivity contribution is -0.116. The molecule has 0 saturated carbocycles. The van der Waals surface area contributed by atoms with E-state index in [0.717, 1.165) is 0 Å². The lowest BCUT2D eigenvalue weighted by Crippen LogP contribution is -2.18. The van der Waals surface area contributed by atoms with Crippen LogP contribution < -0.4 is 25.7 Å². The second-order valence-corrected chi connectivity index (χ2v) is 5.55. The van der Waals surface area contributed by atoms with Gasteiger partial charge in [0.15, 0.2) is 28.8 Å². The number of aromatic hydroxyl groups is 1. The minimum absolute atomic E-state index is 0.0394. The van der Waals surface area contributed by atoms with Gasteiger partial charge in [-0.25, -0.2) is 0 Å². The Kier molecular flexibility index (Phi) is 6.64. The zero-order valence-corrected chi connectivity index (χ0v) is 15.3. The van der Waals surface area contributed by atoms with Crippen molar-refractivity contribution in [1.82, 2.24) is 0 Å². The molecule has 8 heteroatoms. The summed E-state index contributed by atoms with van der Waals surface area (Å²) in [5.74, 6) is -0.763. The third-order valence-electron chi connectivity index (χ3n) is 3.59. The van der Waals surface area contributed by atoms with E-state index in [2.05, 4.69) is 0 Å². The molecule has 5 N–H and O–H groups in total. The molecule has 0 aromatic heterocycles. The van der Waals surface area contributed by atoms with Gasteiger partial charge in [0.05, 0.1) is 14.2 Å². The van der Waals surface area contributed by atoms with Crippen molar-refractivity contribution in [2.75, 3.05) is 14.2 Å². The van der Waals surface area contributed by atoms with Crippen LogP contribution in [0.5, 0.6) is 23.0 Å². The highest BCUT2D eigenvalue weighted by atomic mass is 16.5. The molecule has 8 nitrogen and oxygen atoms in total. The Morgan fingerprint density at radius 1 is 0.929 bits per heavy atom. The number of benzene rings is 2. The van der Waals surface area contributed by atoms with E-state index in [1.54, 1.807) is 24.3 Å². The van der Waals surface area contributed by atoms with E-state index in [1.165, 1.54) is 44.6 Å². The molecule has 2 aromatic carbocycles. The Labute approximate surface area is 161 Å². The second kappa shape index (κ2) is 9.13. The molecule has 2 aromatic rings. The summed E-state index contributed by atoms with van der Waals surface area (Å²) < 4.78 is 15.9. The Hall–Kier alpha value is -3.94. The minimum atomic E-state index is -0.799. The number of methoxy groups -OCH3 is 2. The number of primary amides is 2. The van der Waals surface area contributed by atoms with Crippen molar-refractivity contribution in [3.63, 3.8) is 0 Å². The van der Waals surface area contributed by atoms with Crippen LogP contribution in [0.4, 0.5) is 0 Å². The number of nitrogens with two attached hydrogens (primary N) is 2. The average Bonchev–Trinajstić information content (AvgIpc) is 2.67. The number of hydrogen-bond acceptors (Lipinski definition) is 6. The van der Waals surface area contributed by atoms with Gasteiger partial charge in [-0.2, -0.15) is 0 Å². The molecular formula is C20H20N2O6. The normalized spacial score (nSPS) is 11.3. The quantitative estimate of drug-likeness (QED) is 0.469. The Morgan fingerprint density at radius 2 is 1.57 bits per heavy atom. The SMILES string of the molecule is COc1cc(/C=C(\Oc2ccc(/C=C/C(N)=O)cc2OC)C(N)=O)ccc1O. The zero-order chi connectivity index (χ0) is 20.7. The first kappa shape index (κ1) is 20.4. The summed E-state index contributed by atoms with van der Waals surface area (Å²) in [7, 11) is 2.84. The van der Waals surface area contributed by atoms with Gasteiger partial charge in [0, 0.05) is 6.08 Å². The number of rotatable bonds is 8. The molecule has 0 spiro atoms. The van der Waals surface area contributed by atoms with E-state index in [4.69, 9.17) is 25.7 Å². The highest BCUT2D eigenvalue weighted by Crippen LogP contribution is 2.31. The Bertz CT molecular complexity index is 950. The number of amides is 2. The van der Waals surface area contributed by atoms with Gasteiger partial charge in [0.1, 0.15) is 0 Å². The van der Waals surface area contributed by atoms with Crippen LogP contribution in [0.25, 0.3) is 12.2 Å². The first-order valence-corrected chi connectivity index (χ1v) is 8.06. The van der Waals surface area contributed by atoms with Crippen LogP contribution in [-0.2, 0) is 9.59 Å². The summed E-state index contributed by atoms with van der Waals surface area (Å²) in [4.78, 5) is 22.7. The van der Waals surface area contributed by atoms with Crippen LogP contribution in [0.2, 0.25) is 0 Å². The van der Waals surface area contributed by atoms with Crippen LogP contribution >= 0.6 is 0 Å². The second-order valence-electron chi connectivity index (χ2n) is 5.55. The fourth-order valence-electron chi connectivity index (χ4n) is 2.26. The summed E-state index contributed by atoms with van der Waals surface area (Å²) in [5.41, 5.74) is 11.7. The van der Waals surface area contributed by atoms with Gasteiger partial charge in [-0.15, -0.1) is 0 Å². The molecular weight excluding hydrogens is 364 g/mol. The zero-order valence-electron chi connectivity index (χ0n) is 15.3. The molecule has 28 heavy (non-hydrogen) atoms. The molecule has 0 bridgehead atoms. The maximum absolute atomic E-state index is 11.8. The third kappa shape index (κ3) is 5.28. The monoisotopic (exact) mass is 384 g/mol. The Balaban J connectivity index is 2.36. The summed E-state index contributed by atoms with van der Waals surface area (Å²) in [6, 6.07) is 9.34. The molecule has 0 aliphatic rings. The van der Waals surface area contributed by atoms with Crippen molar-refractivity contribution in [2.24, 2.45) is 11.5 Å². The molecule has 0 aliphatic carbocycles. The van der Waals surface area contributed by atoms with Crippen molar-refractivity contribution in [3.8, 4) is 23.0 Å². The molecule has 0 radical (unpaired) electrons. The number of carbonyl (C=O) groups is 2. The number of phenolic OH excluding ortho intramolecular Hbond substituents is 1. The van der Waals surface area contributed by atoms with Crippen LogP contribution in [0.15, 0.2) is 48.2 Å². The van der Waals surface area contributed by atoms with E-state index in [-0.39, 0.29) is 23.0 Å². The average molecular weight is 384 g/mol. The molecule has 146 valence electrons. The van der Waals surface area contributed by atoms with Gasteiger partial charge in [0.25, 0.3) is 5.91 Å². The topological polar surface area (TPSA) is 134 Å². The molecule has 0 heterocycles. The summed E-state index contributed by atoms with van der Waals surface area (Å²) in [6.07, 6.45) is 4.13. The number of ether oxygens (including phenoxy) is 3. The standard InChI is InChI=1S/C20H20N2O6/c1-26-16-10-13(3-6-14(16)23)11-18(20(22)25)28-15-7-4-12(5-8-19(21)24)9-17(15)27-2/h3-11,23H,1-2H3,(H2,21,24)(H2,22,25)/b8-5+,18-11-. The molecule has 0 unspecified atom stereocenters. The van der Waals surface area contributed by atoms with Gasteiger partial charge in [-0.3, -0.25) is 9.59 Å². The summed E-state index contributed by atoms with van der Waals surface area (Å²) in [5, 5.41) is 9.67. The number of phenols is 1. The maximum Gasteiger partial charge on any atom is 0.284 e. The highest BCUT2D eigenvalue weighted by Gasteiger charge is 2.13. The highest BCUT2D eigenvalue weighted by molar-refractivity contribution is 5.95. The van der Waals surface area contributed by atoms with Gasteiger partial charge < -0.3 is 30.8 Å². The fourth-order valence-corrected chi connectivity index (χ4v) is 2.26. The predicted octanol–water partition coefficient (Wildman–Crippen LogP) is 1.81. The lowest BCUT2D eigenvalue weighted by Gasteiger charge is -2.12. The smallest absolute Gasteiger partial charge is 0.284 e. The first-order chi connectivity index (χ1) is 13.3. The molecule has 0 saturated heterocycles. The van der Waals surface area contributed by atoms with E-state index in [1.807, 2.05) is 0 Å². The molecule has 2 rings (SSSR count). The predicted molar refractivity (Wildman–Crippen MR) is 104 cm³/mol. The molecule has 0 aliphatic heterocycles. The minimum Gasteiger partial charge on any atom is -0.504 e. The fraction of sp³-hybridized carbons (Fsp3) is 0.100.